The van der Waals surface area contributed by atoms with Crippen LogP contribution in [-0.4, -0.2) is 37.1 Å². The van der Waals surface area contributed by atoms with Crippen molar-refractivity contribution in [2.45, 2.75) is 26.8 Å². The van der Waals surface area contributed by atoms with E-state index < -0.39 is 11.8 Å². The van der Waals surface area contributed by atoms with Crippen molar-refractivity contribution in [3.05, 3.63) is 48.7 Å². The van der Waals surface area contributed by atoms with E-state index >= 15 is 0 Å². The third-order valence-corrected chi connectivity index (χ3v) is 4.06. The molecular weight excluding hydrogens is 349 g/mol. The maximum absolute atomic E-state index is 13.6. The Labute approximate surface area is 155 Å². The number of nitrogens with one attached hydrogen (secondary N) is 2. The topological polar surface area (TPSA) is 104 Å². The molecule has 3 aromatic rings. The molecule has 0 saturated heterocycles. The van der Waals surface area contributed by atoms with Crippen molar-refractivity contribution in [3.8, 4) is 11.4 Å². The monoisotopic (exact) mass is 369 g/mol. The van der Waals surface area contributed by atoms with Gasteiger partial charge in [-0.1, -0.05) is 26.8 Å². The molecule has 0 aliphatic carbocycles. The van der Waals surface area contributed by atoms with E-state index in [4.69, 9.17) is 5.11 Å². The van der Waals surface area contributed by atoms with Gasteiger partial charge in [0.1, 0.15) is 17.3 Å². The number of aromatic nitrogens is 4. The van der Waals surface area contributed by atoms with Crippen molar-refractivity contribution in [3.63, 3.8) is 0 Å². The molecule has 27 heavy (non-hydrogen) atoms. The van der Waals surface area contributed by atoms with E-state index in [0.29, 0.717) is 28.2 Å². The van der Waals surface area contributed by atoms with Gasteiger partial charge in [-0.05, 0) is 17.5 Å². The average Bonchev–Trinajstić information content (AvgIpc) is 3.00. The maximum atomic E-state index is 13.6. The zero-order valence-corrected chi connectivity index (χ0v) is 15.2. The summed E-state index contributed by atoms with van der Waals surface area (Å²) in [5.74, 6) is -0.505. The van der Waals surface area contributed by atoms with Gasteiger partial charge in [0.15, 0.2) is 5.82 Å². The SMILES string of the molecule is CC(C)(C)[C@@H](/C=C/C(=O)O)Nc1ccnc(-c2c[nH]c3ncc(F)cc23)n1. The normalized spacial score (nSPS) is 13.2. The highest BCUT2D eigenvalue weighted by atomic mass is 19.1. The molecule has 0 spiro atoms. The van der Waals surface area contributed by atoms with Crippen molar-refractivity contribution in [1.82, 2.24) is 19.9 Å². The molecule has 7 nitrogen and oxygen atoms in total. The predicted octanol–water partition coefficient (Wildman–Crippen LogP) is 3.63. The van der Waals surface area contributed by atoms with Crippen molar-refractivity contribution in [1.29, 1.82) is 0 Å². The molecule has 8 heteroatoms. The number of aliphatic carboxylic acids is 1. The Balaban J connectivity index is 1.94. The Morgan fingerprint density at radius 1 is 1.37 bits per heavy atom. The number of carboxylic acids is 1. The van der Waals surface area contributed by atoms with E-state index in [1.165, 1.54) is 6.07 Å². The lowest BCUT2D eigenvalue weighted by Crippen LogP contribution is -2.32. The molecule has 3 heterocycles. The molecule has 0 saturated carbocycles. The lowest BCUT2D eigenvalue weighted by atomic mass is 9.86. The molecule has 0 aromatic carbocycles. The van der Waals surface area contributed by atoms with E-state index in [1.807, 2.05) is 20.8 Å². The third kappa shape index (κ3) is 4.28. The number of anilines is 1. The lowest BCUT2D eigenvalue weighted by Gasteiger charge is -2.29. The minimum Gasteiger partial charge on any atom is -0.478 e. The number of rotatable bonds is 5. The second-order valence-corrected chi connectivity index (χ2v) is 7.20. The van der Waals surface area contributed by atoms with E-state index in [2.05, 4.69) is 25.3 Å². The van der Waals surface area contributed by atoms with Crippen molar-refractivity contribution >= 4 is 22.8 Å². The molecule has 0 fully saturated rings. The first kappa shape index (κ1) is 18.5. The van der Waals surface area contributed by atoms with Gasteiger partial charge in [-0.3, -0.25) is 0 Å². The van der Waals surface area contributed by atoms with E-state index in [0.717, 1.165) is 12.3 Å². The quantitative estimate of drug-likeness (QED) is 0.594. The standard InChI is InChI=1S/C19H20FN5O2/c1-19(2,3)14(4-5-16(26)27)24-15-6-7-21-18(25-15)13-10-23-17-12(13)8-11(20)9-22-17/h4-10,14H,1-3H3,(H,22,23)(H,26,27)(H,21,24,25)/b5-4+/t14-/m1/s1. The molecule has 0 aliphatic rings. The number of carbonyl (C=O) groups is 1. The molecule has 3 N–H and O–H groups in total. The number of pyridine rings is 1. The first-order valence-corrected chi connectivity index (χ1v) is 8.38. The molecule has 3 rings (SSSR count). The summed E-state index contributed by atoms with van der Waals surface area (Å²) in [6.45, 7) is 5.98. The molecule has 0 radical (unpaired) electrons. The third-order valence-electron chi connectivity index (χ3n) is 4.06. The Hall–Kier alpha value is -3.29. The summed E-state index contributed by atoms with van der Waals surface area (Å²) in [6.07, 6.45) is 7.12. The fourth-order valence-corrected chi connectivity index (χ4v) is 2.62. The smallest absolute Gasteiger partial charge is 0.328 e. The fourth-order valence-electron chi connectivity index (χ4n) is 2.62. The minimum atomic E-state index is -1.01. The Kier molecular flexibility index (Phi) is 4.89. The number of hydrogen-bond donors (Lipinski definition) is 3. The summed E-state index contributed by atoms with van der Waals surface area (Å²) in [5.41, 5.74) is 0.935. The predicted molar refractivity (Wildman–Crippen MR) is 101 cm³/mol. The zero-order valence-electron chi connectivity index (χ0n) is 15.2. The first-order valence-electron chi connectivity index (χ1n) is 8.38. The molecule has 140 valence electrons. The van der Waals surface area contributed by atoms with Gasteiger partial charge in [-0.25, -0.2) is 24.1 Å². The number of halogens is 1. The fraction of sp³-hybridized carbons (Fsp3) is 0.263. The molecule has 0 amide bonds. The van der Waals surface area contributed by atoms with Gasteiger partial charge >= 0.3 is 5.97 Å². The average molecular weight is 369 g/mol. The van der Waals surface area contributed by atoms with Gasteiger partial charge in [0.05, 0.1) is 12.2 Å². The van der Waals surface area contributed by atoms with Crippen LogP contribution in [0.15, 0.2) is 42.9 Å². The minimum absolute atomic E-state index is 0.245. The van der Waals surface area contributed by atoms with Crippen LogP contribution < -0.4 is 5.32 Å². The summed E-state index contributed by atoms with van der Waals surface area (Å²) >= 11 is 0. The summed E-state index contributed by atoms with van der Waals surface area (Å²) in [5, 5.41) is 12.7. The number of nitrogens with zero attached hydrogens (tertiary/aromatic N) is 3. The highest BCUT2D eigenvalue weighted by Gasteiger charge is 2.23. The second-order valence-electron chi connectivity index (χ2n) is 7.20. The lowest BCUT2D eigenvalue weighted by molar-refractivity contribution is -0.131. The van der Waals surface area contributed by atoms with Crippen LogP contribution in [0.3, 0.4) is 0 Å². The van der Waals surface area contributed by atoms with Crippen LogP contribution in [-0.2, 0) is 4.79 Å². The van der Waals surface area contributed by atoms with Crippen LogP contribution in [0.5, 0.6) is 0 Å². The van der Waals surface area contributed by atoms with E-state index in [1.54, 1.807) is 24.5 Å². The molecule has 3 aromatic heterocycles. The molecule has 0 aliphatic heterocycles. The van der Waals surface area contributed by atoms with Gasteiger partial charge in [0.2, 0.25) is 0 Å². The molecule has 1 atom stereocenters. The van der Waals surface area contributed by atoms with Crippen molar-refractivity contribution in [2.24, 2.45) is 5.41 Å². The number of aromatic amines is 1. The summed E-state index contributed by atoms with van der Waals surface area (Å²) in [7, 11) is 0. The number of hydrogen-bond acceptors (Lipinski definition) is 5. The molecular formula is C19H20FN5O2. The summed E-state index contributed by atoms with van der Waals surface area (Å²) < 4.78 is 13.6. The first-order chi connectivity index (χ1) is 12.7. The maximum Gasteiger partial charge on any atom is 0.328 e. The Bertz CT molecular complexity index is 1010. The van der Waals surface area contributed by atoms with E-state index in [9.17, 15) is 9.18 Å². The molecule has 0 bridgehead atoms. The van der Waals surface area contributed by atoms with Crippen molar-refractivity contribution < 1.29 is 14.3 Å². The van der Waals surface area contributed by atoms with E-state index in [-0.39, 0.29) is 11.5 Å². The zero-order chi connectivity index (χ0) is 19.6. The Morgan fingerprint density at radius 3 is 2.85 bits per heavy atom. The number of carboxylic acid groups (broad SMARTS) is 1. The van der Waals surface area contributed by atoms with Gasteiger partial charge in [-0.15, -0.1) is 0 Å². The summed E-state index contributed by atoms with van der Waals surface area (Å²) in [6, 6.07) is 2.81. The van der Waals surface area contributed by atoms with Crippen LogP contribution in [0.25, 0.3) is 22.4 Å². The van der Waals surface area contributed by atoms with Crippen LogP contribution in [0.2, 0.25) is 0 Å². The van der Waals surface area contributed by atoms with Crippen LogP contribution in [0.1, 0.15) is 20.8 Å². The Morgan fingerprint density at radius 2 is 2.15 bits per heavy atom. The molecule has 0 unspecified atom stereocenters. The number of H-pyrrole nitrogens is 1. The highest BCUT2D eigenvalue weighted by molar-refractivity contribution is 5.91. The highest BCUT2D eigenvalue weighted by Crippen LogP contribution is 2.27. The van der Waals surface area contributed by atoms with Gasteiger partial charge in [0.25, 0.3) is 0 Å². The van der Waals surface area contributed by atoms with Crippen LogP contribution >= 0.6 is 0 Å². The van der Waals surface area contributed by atoms with Crippen molar-refractivity contribution in [2.75, 3.05) is 5.32 Å². The number of fused-ring (bicyclic) bond motifs is 1. The van der Waals surface area contributed by atoms with Gasteiger partial charge < -0.3 is 15.4 Å². The van der Waals surface area contributed by atoms with Gasteiger partial charge in [-0.2, -0.15) is 0 Å². The van der Waals surface area contributed by atoms with Crippen LogP contribution in [0, 0.1) is 11.2 Å². The summed E-state index contributed by atoms with van der Waals surface area (Å²) in [4.78, 5) is 26.6. The van der Waals surface area contributed by atoms with Gasteiger partial charge in [0, 0.05) is 29.4 Å². The van der Waals surface area contributed by atoms with Crippen LogP contribution in [0.4, 0.5) is 10.2 Å². The largest absolute Gasteiger partial charge is 0.478 e. The second kappa shape index (κ2) is 7.14.